The van der Waals surface area contributed by atoms with Crippen LogP contribution in [0.3, 0.4) is 0 Å². The maximum Gasteiger partial charge on any atom is 0.150 e. The highest BCUT2D eigenvalue weighted by atomic mass is 32.2. The first-order valence-corrected chi connectivity index (χ1v) is 10.2. The molecule has 0 aliphatic rings. The van der Waals surface area contributed by atoms with Gasteiger partial charge in [0.15, 0.2) is 0 Å². The van der Waals surface area contributed by atoms with E-state index >= 15 is 0 Å². The molecule has 0 aliphatic heterocycles. The van der Waals surface area contributed by atoms with Crippen LogP contribution in [-0.2, 0) is 14.4 Å². The summed E-state index contributed by atoms with van der Waals surface area (Å²) < 4.78 is 0. The molecule has 4 N–H and O–H groups in total. The summed E-state index contributed by atoms with van der Waals surface area (Å²) in [5.41, 5.74) is 5.49. The van der Waals surface area contributed by atoms with Crippen molar-refractivity contribution in [1.29, 1.82) is 0 Å². The van der Waals surface area contributed by atoms with Crippen molar-refractivity contribution in [2.45, 2.75) is 58.0 Å². The number of carbonyl (C=O) groups is 3. The number of thioether (sulfide) groups is 1. The van der Waals surface area contributed by atoms with E-state index < -0.39 is 0 Å². The van der Waals surface area contributed by atoms with Crippen molar-refractivity contribution in [3.63, 3.8) is 0 Å². The van der Waals surface area contributed by atoms with Crippen molar-refractivity contribution >= 4 is 29.1 Å². The molecule has 0 rings (SSSR count). The summed E-state index contributed by atoms with van der Waals surface area (Å²) in [6, 6.07) is -0.355. The van der Waals surface area contributed by atoms with Crippen molar-refractivity contribution < 1.29 is 14.4 Å². The second kappa shape index (κ2) is 14.4. The molecule has 0 unspecified atom stereocenters. The monoisotopic (exact) mass is 373 g/mol. The molecule has 0 amide bonds. The van der Waals surface area contributed by atoms with E-state index in [4.69, 9.17) is 5.73 Å². The molecule has 146 valence electrons. The molecule has 0 heterocycles. The molecule has 0 saturated heterocycles. The summed E-state index contributed by atoms with van der Waals surface area (Å²) >= 11 is 1.64. The average molecular weight is 374 g/mol. The topological polar surface area (TPSA) is 101 Å². The first kappa shape index (κ1) is 24.2. The van der Waals surface area contributed by atoms with Gasteiger partial charge in [-0.15, -0.1) is 0 Å². The molecule has 6 nitrogen and oxygen atoms in total. The van der Waals surface area contributed by atoms with Gasteiger partial charge in [-0.2, -0.15) is 11.8 Å². The van der Waals surface area contributed by atoms with Gasteiger partial charge in [-0.3, -0.25) is 14.4 Å². The van der Waals surface area contributed by atoms with Crippen LogP contribution >= 0.6 is 11.8 Å². The van der Waals surface area contributed by atoms with Gasteiger partial charge in [-0.25, -0.2) is 0 Å². The summed E-state index contributed by atoms with van der Waals surface area (Å²) in [4.78, 5) is 35.7. The Morgan fingerprint density at radius 2 is 1.60 bits per heavy atom. The van der Waals surface area contributed by atoms with Crippen molar-refractivity contribution in [1.82, 2.24) is 10.6 Å². The third kappa shape index (κ3) is 10.7. The normalized spacial score (nSPS) is 14.8. The van der Waals surface area contributed by atoms with Gasteiger partial charge < -0.3 is 16.4 Å². The smallest absolute Gasteiger partial charge is 0.150 e. The van der Waals surface area contributed by atoms with Gasteiger partial charge in [0.25, 0.3) is 0 Å². The molecule has 25 heavy (non-hydrogen) atoms. The quantitative estimate of drug-likeness (QED) is 0.349. The fraction of sp³-hybridized carbons (Fsp3) is 0.833. The Bertz CT molecular complexity index is 418. The highest BCUT2D eigenvalue weighted by Crippen LogP contribution is 2.18. The molecule has 0 fully saturated rings. The summed E-state index contributed by atoms with van der Waals surface area (Å²) in [6.45, 7) is 3.75. The molecule has 0 aromatic carbocycles. The highest BCUT2D eigenvalue weighted by molar-refractivity contribution is 7.99. The fourth-order valence-corrected chi connectivity index (χ4v) is 3.88. The second-order valence-corrected chi connectivity index (χ2v) is 7.57. The van der Waals surface area contributed by atoms with Gasteiger partial charge in [0.1, 0.15) is 17.3 Å². The van der Waals surface area contributed by atoms with Crippen molar-refractivity contribution in [2.75, 3.05) is 32.1 Å². The predicted octanol–water partition coefficient (Wildman–Crippen LogP) is 1.17. The zero-order valence-corrected chi connectivity index (χ0v) is 16.9. The Kier molecular flexibility index (Phi) is 14.0. The molecule has 0 saturated carbocycles. The first-order chi connectivity index (χ1) is 11.9. The van der Waals surface area contributed by atoms with Crippen LogP contribution in [0, 0.1) is 5.92 Å². The van der Waals surface area contributed by atoms with Gasteiger partial charge in [0.05, 0.1) is 12.1 Å². The Morgan fingerprint density at radius 1 is 0.960 bits per heavy atom. The van der Waals surface area contributed by atoms with Crippen LogP contribution in [0.5, 0.6) is 0 Å². The lowest BCUT2D eigenvalue weighted by molar-refractivity contribution is -0.127. The molecule has 0 aromatic rings. The Balaban J connectivity index is 4.37. The number of nitrogens with two attached hydrogens (primary N) is 1. The third-order valence-corrected chi connectivity index (χ3v) is 5.53. The number of ketones is 3. The molecule has 0 spiro atoms. The molecule has 0 aliphatic carbocycles. The lowest BCUT2D eigenvalue weighted by atomic mass is 9.91. The van der Waals surface area contributed by atoms with Gasteiger partial charge in [0, 0.05) is 18.1 Å². The van der Waals surface area contributed by atoms with Gasteiger partial charge in [-0.1, -0.05) is 6.42 Å². The predicted molar refractivity (Wildman–Crippen MR) is 105 cm³/mol. The lowest BCUT2D eigenvalue weighted by Gasteiger charge is -2.19. The lowest BCUT2D eigenvalue weighted by Crippen LogP contribution is -2.36. The SMILES string of the molecule is CN[C@@H](CSCC[C@H](CC(=O)[C@H](CCCCN)NC)C(C)=O)C(C)=O. The van der Waals surface area contributed by atoms with Crippen LogP contribution in [0.25, 0.3) is 0 Å². The van der Waals surface area contributed by atoms with E-state index in [1.54, 1.807) is 39.7 Å². The number of nitrogens with one attached hydrogen (secondary N) is 2. The zero-order chi connectivity index (χ0) is 19.2. The van der Waals surface area contributed by atoms with Crippen LogP contribution in [0.15, 0.2) is 0 Å². The summed E-state index contributed by atoms with van der Waals surface area (Å²) in [5, 5.41) is 6.04. The third-order valence-electron chi connectivity index (χ3n) is 4.44. The van der Waals surface area contributed by atoms with E-state index in [0.717, 1.165) is 25.0 Å². The van der Waals surface area contributed by atoms with E-state index in [9.17, 15) is 14.4 Å². The minimum atomic E-state index is -0.240. The summed E-state index contributed by atoms with van der Waals surface area (Å²) in [5.74, 6) is 1.48. The van der Waals surface area contributed by atoms with E-state index in [2.05, 4.69) is 10.6 Å². The van der Waals surface area contributed by atoms with Crippen LogP contribution in [0.4, 0.5) is 0 Å². The maximum atomic E-state index is 12.5. The molecule has 7 heteroatoms. The number of rotatable bonds is 16. The Labute approximate surface area is 156 Å². The summed E-state index contributed by atoms with van der Waals surface area (Å²) in [7, 11) is 3.55. The van der Waals surface area contributed by atoms with Crippen LogP contribution in [0.1, 0.15) is 46.0 Å². The van der Waals surface area contributed by atoms with E-state index in [1.807, 2.05) is 0 Å². The zero-order valence-electron chi connectivity index (χ0n) is 16.1. The summed E-state index contributed by atoms with van der Waals surface area (Å²) in [6.07, 6.45) is 3.52. The van der Waals surface area contributed by atoms with Crippen LogP contribution in [0.2, 0.25) is 0 Å². The molecular weight excluding hydrogens is 338 g/mol. The number of hydrogen-bond donors (Lipinski definition) is 3. The average Bonchev–Trinajstić information content (AvgIpc) is 2.56. The largest absolute Gasteiger partial charge is 0.330 e. The van der Waals surface area contributed by atoms with Gasteiger partial charge in [0.2, 0.25) is 0 Å². The maximum absolute atomic E-state index is 12.5. The molecule has 0 aromatic heterocycles. The molecule has 0 bridgehead atoms. The van der Waals surface area contributed by atoms with E-state index in [-0.39, 0.29) is 41.8 Å². The van der Waals surface area contributed by atoms with Crippen LogP contribution in [-0.4, -0.2) is 61.6 Å². The number of carbonyl (C=O) groups excluding carboxylic acids is 3. The molecule has 3 atom stereocenters. The van der Waals surface area contributed by atoms with Crippen LogP contribution < -0.4 is 16.4 Å². The first-order valence-electron chi connectivity index (χ1n) is 9.03. The molecular formula is C18H35N3O3S. The number of likely N-dealkylation sites (N-methyl/N-ethyl adjacent to an activating group) is 2. The van der Waals surface area contributed by atoms with Gasteiger partial charge in [-0.05, 0) is 59.5 Å². The number of unbranched alkanes of at least 4 members (excludes halogenated alkanes) is 1. The second-order valence-electron chi connectivity index (χ2n) is 6.42. The fourth-order valence-electron chi connectivity index (χ4n) is 2.62. The minimum absolute atomic E-state index is 0.0579. The van der Waals surface area contributed by atoms with Gasteiger partial charge >= 0.3 is 0 Å². The van der Waals surface area contributed by atoms with Crippen molar-refractivity contribution in [3.8, 4) is 0 Å². The molecule has 0 radical (unpaired) electrons. The van der Waals surface area contributed by atoms with Crippen molar-refractivity contribution in [3.05, 3.63) is 0 Å². The van der Waals surface area contributed by atoms with Crippen molar-refractivity contribution in [2.24, 2.45) is 11.7 Å². The van der Waals surface area contributed by atoms with E-state index in [1.165, 1.54) is 0 Å². The number of hydrogen-bond acceptors (Lipinski definition) is 7. The minimum Gasteiger partial charge on any atom is -0.330 e. The Hall–Kier alpha value is -0.760. The standard InChI is InChI=1S/C18H35N3O3S/c1-13(22)15(8-10-25-12-17(21-4)14(2)23)11-18(24)16(20-3)7-5-6-9-19/h15-17,20-21H,5-12,19H2,1-4H3/t15-,16+,17+/m1/s1. The Morgan fingerprint density at radius 3 is 2.08 bits per heavy atom. The van der Waals surface area contributed by atoms with E-state index in [0.29, 0.717) is 18.7 Å². The highest BCUT2D eigenvalue weighted by Gasteiger charge is 2.23. The number of Topliss-reactive ketones (excluding diaryl/α,β-unsaturated/α-hetero) is 3.